The zero-order valence-electron chi connectivity index (χ0n) is 25.8. The van der Waals surface area contributed by atoms with Crippen molar-refractivity contribution in [3.63, 3.8) is 0 Å². The van der Waals surface area contributed by atoms with Crippen LogP contribution in [0, 0.1) is 5.92 Å². The van der Waals surface area contributed by atoms with Crippen LogP contribution in [-0.4, -0.2) is 60.4 Å². The van der Waals surface area contributed by atoms with Gasteiger partial charge in [0.25, 0.3) is 6.35 Å². The maximum Gasteiger partial charge on any atom is 0.537 e. The fourth-order valence-electron chi connectivity index (χ4n) is 5.20. The summed E-state index contributed by atoms with van der Waals surface area (Å²) >= 11 is 0. The van der Waals surface area contributed by atoms with Gasteiger partial charge in [-0.2, -0.15) is 0 Å². The highest BCUT2D eigenvalue weighted by Gasteiger charge is 2.36. The van der Waals surface area contributed by atoms with Gasteiger partial charge in [0.05, 0.1) is 31.0 Å². The van der Waals surface area contributed by atoms with E-state index >= 15 is 0 Å². The van der Waals surface area contributed by atoms with Gasteiger partial charge in [-0.1, -0.05) is 90.4 Å². The smallest absolute Gasteiger partial charge is 0.481 e. The quantitative estimate of drug-likeness (QED) is 0.0800. The van der Waals surface area contributed by atoms with Gasteiger partial charge >= 0.3 is 14.0 Å². The minimum Gasteiger partial charge on any atom is -0.481 e. The molecule has 0 bridgehead atoms. The molecular formula is C30H53N5O6P+. The first-order valence-electron chi connectivity index (χ1n) is 15.8. The van der Waals surface area contributed by atoms with E-state index in [9.17, 15) is 19.6 Å². The molecule has 2 rings (SSSR count). The molecule has 0 aliphatic heterocycles. The van der Waals surface area contributed by atoms with Crippen molar-refractivity contribution in [1.29, 1.82) is 0 Å². The van der Waals surface area contributed by atoms with Crippen LogP contribution in [0.2, 0.25) is 0 Å². The Hall–Kier alpha value is -2.20. The second kappa shape index (κ2) is 20.7. The highest BCUT2D eigenvalue weighted by Crippen LogP contribution is 2.33. The molecule has 0 aliphatic carbocycles. The molecule has 11 nitrogen and oxygen atoms in total. The van der Waals surface area contributed by atoms with E-state index in [1.54, 1.807) is 17.8 Å². The molecule has 2 aromatic rings. The maximum absolute atomic E-state index is 12.9. The lowest BCUT2D eigenvalue weighted by atomic mass is 9.92. The van der Waals surface area contributed by atoms with Gasteiger partial charge in [0.2, 0.25) is 0 Å². The molecule has 2 heterocycles. The number of nitrogens with two attached hydrogens (primary N) is 1. The third-order valence-corrected chi connectivity index (χ3v) is 8.42. The maximum atomic E-state index is 12.9. The molecule has 4 N–H and O–H groups in total. The summed E-state index contributed by atoms with van der Waals surface area (Å²) in [6, 6.07) is 0. The van der Waals surface area contributed by atoms with E-state index < -0.39 is 32.1 Å². The molecule has 5 atom stereocenters. The number of aliphatic hydroxyl groups excluding tert-OH is 1. The molecule has 238 valence electrons. The van der Waals surface area contributed by atoms with Crippen molar-refractivity contribution in [2.24, 2.45) is 5.92 Å². The third kappa shape index (κ3) is 13.8. The van der Waals surface area contributed by atoms with Crippen molar-refractivity contribution in [1.82, 2.24) is 19.5 Å². The molecule has 5 unspecified atom stereocenters. The van der Waals surface area contributed by atoms with Crippen LogP contribution in [0.5, 0.6) is 0 Å². The van der Waals surface area contributed by atoms with Crippen molar-refractivity contribution in [2.75, 3.05) is 12.1 Å². The molecule has 2 aromatic heterocycles. The van der Waals surface area contributed by atoms with E-state index in [-0.39, 0.29) is 18.9 Å². The number of nitrogen functional groups attached to an aromatic ring is 1. The number of aromatic nitrogens is 4. The Morgan fingerprint density at radius 3 is 2.14 bits per heavy atom. The molecule has 0 saturated carbocycles. The largest absolute Gasteiger partial charge is 0.537 e. The van der Waals surface area contributed by atoms with Crippen molar-refractivity contribution < 1.29 is 28.8 Å². The number of carboxylic acids is 1. The molecule has 0 amide bonds. The predicted octanol–water partition coefficient (Wildman–Crippen LogP) is 6.85. The van der Waals surface area contributed by atoms with Crippen molar-refractivity contribution in [3.8, 4) is 0 Å². The van der Waals surface area contributed by atoms with E-state index in [2.05, 4.69) is 21.9 Å². The average Bonchev–Trinajstić information content (AvgIpc) is 3.36. The lowest BCUT2D eigenvalue weighted by Gasteiger charge is -2.21. The molecule has 0 radical (unpaired) electrons. The van der Waals surface area contributed by atoms with Crippen LogP contribution in [-0.2, 0) is 25.2 Å². The molecule has 0 aromatic carbocycles. The lowest BCUT2D eigenvalue weighted by Crippen LogP contribution is -2.32. The summed E-state index contributed by atoms with van der Waals surface area (Å²) in [4.78, 5) is 24.4. The topological polar surface area (TPSA) is 163 Å². The van der Waals surface area contributed by atoms with E-state index in [1.165, 1.54) is 70.5 Å². The van der Waals surface area contributed by atoms with Crippen molar-refractivity contribution >= 4 is 31.0 Å². The molecule has 12 heteroatoms. The Labute approximate surface area is 251 Å². The molecule has 0 aliphatic rings. The number of imidazole rings is 1. The Kier molecular flexibility index (Phi) is 17.7. The fraction of sp³-hybridized carbons (Fsp3) is 0.800. The van der Waals surface area contributed by atoms with E-state index in [4.69, 9.17) is 15.0 Å². The van der Waals surface area contributed by atoms with E-state index in [1.807, 2.05) is 6.92 Å². The number of aliphatic hydroxyl groups is 1. The van der Waals surface area contributed by atoms with Gasteiger partial charge in [-0.25, -0.2) is 15.0 Å². The summed E-state index contributed by atoms with van der Waals surface area (Å²) in [7, 11) is -2.27. The second-order valence-corrected chi connectivity index (χ2v) is 12.6. The zero-order chi connectivity index (χ0) is 30.7. The van der Waals surface area contributed by atoms with Gasteiger partial charge in [-0.3, -0.25) is 4.79 Å². The summed E-state index contributed by atoms with van der Waals surface area (Å²) in [5.74, 6) is -1.70. The number of ether oxygens (including phenoxy) is 1. The number of anilines is 1. The minimum atomic E-state index is -2.27. The number of carboxylic acid groups (broad SMARTS) is 1. The molecular weight excluding hydrogens is 557 g/mol. The predicted molar refractivity (Wildman–Crippen MR) is 165 cm³/mol. The number of carbonyl (C=O) groups is 1. The minimum absolute atomic E-state index is 0.0393. The molecule has 0 spiro atoms. The van der Waals surface area contributed by atoms with Crippen LogP contribution < -0.4 is 5.73 Å². The van der Waals surface area contributed by atoms with E-state index in [0.29, 0.717) is 29.9 Å². The standard InChI is InChI=1S/C30H52N5O6P/c1-4-5-6-7-8-9-10-11-12-13-14-15-16-17-26(25(30(37)38)18-23(2)36)41-42(39)22-40-24(3)19-35-21-34-27-28(31)32-20-33-29(27)35/h20-21,23-26,36H,4-19,22H2,1-3H3,(H2-,31,32,33,37,38)/p+1. The fourth-order valence-corrected chi connectivity index (χ4v) is 6.19. The molecule has 42 heavy (non-hydrogen) atoms. The Bertz CT molecular complexity index is 1050. The van der Waals surface area contributed by atoms with Gasteiger partial charge in [0.1, 0.15) is 17.9 Å². The SMILES string of the molecule is CCCCCCCCCCCCCCCC(O[P+](=O)COC(C)Cn1cnc2c(N)ncnc21)C(CC(C)O)C(=O)O. The Morgan fingerprint density at radius 1 is 0.976 bits per heavy atom. The van der Waals surface area contributed by atoms with Crippen LogP contribution >= 0.6 is 8.03 Å². The number of hydrogen-bond acceptors (Lipinski definition) is 9. The average molecular weight is 611 g/mol. The summed E-state index contributed by atoms with van der Waals surface area (Å²) < 4.78 is 26.2. The molecule has 0 fully saturated rings. The summed E-state index contributed by atoms with van der Waals surface area (Å²) in [6.45, 7) is 6.03. The third-order valence-electron chi connectivity index (χ3n) is 7.55. The van der Waals surface area contributed by atoms with Crippen LogP contribution in [0.25, 0.3) is 11.2 Å². The Morgan fingerprint density at radius 2 is 1.57 bits per heavy atom. The number of aliphatic carboxylic acids is 1. The first kappa shape index (κ1) is 36.0. The van der Waals surface area contributed by atoms with Gasteiger partial charge in [0, 0.05) is 0 Å². The normalized spacial score (nSPS) is 15.0. The second-order valence-electron chi connectivity index (χ2n) is 11.5. The first-order chi connectivity index (χ1) is 20.2. The number of unbranched alkanes of at least 4 members (excludes halogenated alkanes) is 12. The highest BCUT2D eigenvalue weighted by molar-refractivity contribution is 7.38. The monoisotopic (exact) mass is 610 g/mol. The summed E-state index contributed by atoms with van der Waals surface area (Å²) in [6.07, 6.45) is 17.2. The lowest BCUT2D eigenvalue weighted by molar-refractivity contribution is -0.146. The van der Waals surface area contributed by atoms with Gasteiger partial charge < -0.3 is 25.3 Å². The van der Waals surface area contributed by atoms with Gasteiger partial charge in [-0.05, 0) is 31.3 Å². The number of fused-ring (bicyclic) bond motifs is 1. The van der Waals surface area contributed by atoms with Crippen molar-refractivity contribution in [2.45, 2.75) is 142 Å². The number of rotatable bonds is 25. The van der Waals surface area contributed by atoms with Gasteiger partial charge in [-0.15, -0.1) is 4.52 Å². The van der Waals surface area contributed by atoms with Crippen LogP contribution in [0.4, 0.5) is 5.82 Å². The van der Waals surface area contributed by atoms with Crippen molar-refractivity contribution in [3.05, 3.63) is 12.7 Å². The summed E-state index contributed by atoms with van der Waals surface area (Å²) in [5.41, 5.74) is 6.94. The summed E-state index contributed by atoms with van der Waals surface area (Å²) in [5, 5.41) is 19.7. The van der Waals surface area contributed by atoms with Gasteiger partial charge in [0.15, 0.2) is 11.5 Å². The zero-order valence-corrected chi connectivity index (χ0v) is 26.7. The van der Waals surface area contributed by atoms with E-state index in [0.717, 1.165) is 19.3 Å². The number of hydrogen-bond donors (Lipinski definition) is 3. The first-order valence-corrected chi connectivity index (χ1v) is 17.1. The molecule has 0 saturated heterocycles. The van der Waals surface area contributed by atoms with Crippen LogP contribution in [0.1, 0.15) is 117 Å². The Balaban J connectivity index is 1.75. The number of nitrogens with zero attached hydrogens (tertiary/aromatic N) is 4. The van der Waals surface area contributed by atoms with Crippen LogP contribution in [0.3, 0.4) is 0 Å². The van der Waals surface area contributed by atoms with Crippen LogP contribution in [0.15, 0.2) is 12.7 Å². The highest BCUT2D eigenvalue weighted by atomic mass is 31.1.